The number of carbonyl (C=O) groups is 1. The van der Waals surface area contributed by atoms with Gasteiger partial charge in [0.15, 0.2) is 5.60 Å². The maximum atomic E-state index is 13.3. The lowest BCUT2D eigenvalue weighted by Crippen LogP contribution is -2.49. The number of benzene rings is 2. The molecule has 0 aromatic heterocycles. The largest absolute Gasteiger partial charge is 0.490 e. The van der Waals surface area contributed by atoms with E-state index in [-0.39, 0.29) is 23.9 Å². The SMILES string of the molecule is C=C1C[C@@](O)(C(=O)OC)c2ccc3c(c2)N(C[C@@H]2CC[C@H]2[C@@H](OC)/C=C/[C@@H](C)CN1C)C[C@@]1(CCCc2cc(Cl)ccc21)CO3. The van der Waals surface area contributed by atoms with Crippen LogP contribution in [-0.2, 0) is 31.7 Å². The zero-order valence-electron chi connectivity index (χ0n) is 27.1. The summed E-state index contributed by atoms with van der Waals surface area (Å²) in [7, 11) is 5.08. The lowest BCUT2D eigenvalue weighted by Gasteiger charge is -2.46. The number of fused-ring (bicyclic) bond motifs is 4. The molecule has 0 radical (unpaired) electrons. The minimum atomic E-state index is -1.91. The number of hydrogen-bond donors (Lipinski definition) is 1. The molecule has 2 aromatic carbocycles. The van der Waals surface area contributed by atoms with Gasteiger partial charge < -0.3 is 29.1 Å². The maximum absolute atomic E-state index is 13.3. The minimum Gasteiger partial charge on any atom is -0.490 e. The Bertz CT molecular complexity index is 1480. The number of aliphatic hydroxyl groups is 1. The highest BCUT2D eigenvalue weighted by atomic mass is 35.5. The number of carbonyl (C=O) groups excluding carboxylic acids is 1. The van der Waals surface area contributed by atoms with Crippen LogP contribution in [0.4, 0.5) is 5.69 Å². The van der Waals surface area contributed by atoms with Crippen LogP contribution in [0.1, 0.15) is 55.7 Å². The van der Waals surface area contributed by atoms with Gasteiger partial charge in [-0.3, -0.25) is 0 Å². The van der Waals surface area contributed by atoms with E-state index in [1.54, 1.807) is 6.07 Å². The Kier molecular flexibility index (Phi) is 8.99. The molecule has 2 aliphatic carbocycles. The molecular formula is C37H47ClN2O5. The van der Waals surface area contributed by atoms with Crippen molar-refractivity contribution in [1.82, 2.24) is 4.90 Å². The Morgan fingerprint density at radius 1 is 1.13 bits per heavy atom. The number of hydrogen-bond acceptors (Lipinski definition) is 7. The predicted octanol–water partition coefficient (Wildman–Crippen LogP) is 6.26. The van der Waals surface area contributed by atoms with Gasteiger partial charge in [0.2, 0.25) is 0 Å². The summed E-state index contributed by atoms with van der Waals surface area (Å²) in [5.41, 5.74) is 2.49. The van der Waals surface area contributed by atoms with E-state index in [1.165, 1.54) is 18.2 Å². The van der Waals surface area contributed by atoms with Crippen LogP contribution in [0.2, 0.25) is 5.02 Å². The van der Waals surface area contributed by atoms with Crippen molar-refractivity contribution >= 4 is 23.3 Å². The van der Waals surface area contributed by atoms with Crippen LogP contribution in [0.3, 0.4) is 0 Å². The average molecular weight is 635 g/mol. The summed E-state index contributed by atoms with van der Waals surface area (Å²) < 4.78 is 18.0. The summed E-state index contributed by atoms with van der Waals surface area (Å²) in [5.74, 6) is 1.09. The van der Waals surface area contributed by atoms with E-state index in [9.17, 15) is 9.90 Å². The number of halogens is 1. The molecule has 45 heavy (non-hydrogen) atoms. The second-order valence-corrected chi connectivity index (χ2v) is 14.3. The van der Waals surface area contributed by atoms with Gasteiger partial charge in [0, 0.05) is 56.3 Å². The molecule has 6 atom stereocenters. The van der Waals surface area contributed by atoms with E-state index in [0.29, 0.717) is 36.2 Å². The molecule has 1 N–H and O–H groups in total. The van der Waals surface area contributed by atoms with Gasteiger partial charge in [-0.1, -0.05) is 49.4 Å². The third-order valence-electron chi connectivity index (χ3n) is 10.9. The summed E-state index contributed by atoms with van der Waals surface area (Å²) >= 11 is 6.45. The van der Waals surface area contributed by atoms with Crippen LogP contribution < -0.4 is 9.64 Å². The van der Waals surface area contributed by atoms with Gasteiger partial charge >= 0.3 is 5.97 Å². The molecule has 0 amide bonds. The molecule has 2 heterocycles. The normalized spacial score (nSPS) is 32.4. The van der Waals surface area contributed by atoms with Crippen molar-refractivity contribution in [1.29, 1.82) is 0 Å². The third kappa shape index (κ3) is 5.99. The molecule has 1 spiro atoms. The molecule has 2 aliphatic heterocycles. The molecule has 4 aliphatic rings. The Hall–Kier alpha value is -3.00. The van der Waals surface area contributed by atoms with E-state index >= 15 is 0 Å². The number of rotatable bonds is 2. The van der Waals surface area contributed by atoms with Crippen LogP contribution >= 0.6 is 11.6 Å². The molecule has 2 bridgehead atoms. The first kappa shape index (κ1) is 32.0. The Labute approximate surface area is 272 Å². The molecule has 2 aromatic rings. The van der Waals surface area contributed by atoms with E-state index in [2.05, 4.69) is 42.7 Å². The van der Waals surface area contributed by atoms with Crippen molar-refractivity contribution in [2.24, 2.45) is 17.8 Å². The van der Waals surface area contributed by atoms with Crippen molar-refractivity contribution in [3.05, 3.63) is 82.5 Å². The molecule has 242 valence electrons. The fourth-order valence-corrected chi connectivity index (χ4v) is 8.31. The molecule has 0 saturated heterocycles. The van der Waals surface area contributed by atoms with Crippen LogP contribution in [0.25, 0.3) is 0 Å². The van der Waals surface area contributed by atoms with E-state index in [0.717, 1.165) is 61.7 Å². The fraction of sp³-hybridized carbons (Fsp3) is 0.541. The van der Waals surface area contributed by atoms with Crippen LogP contribution in [0, 0.1) is 17.8 Å². The van der Waals surface area contributed by atoms with Gasteiger partial charge in [-0.2, -0.15) is 0 Å². The highest BCUT2D eigenvalue weighted by Crippen LogP contribution is 2.48. The first-order valence-corrected chi connectivity index (χ1v) is 16.7. The van der Waals surface area contributed by atoms with Crippen molar-refractivity contribution in [3.63, 3.8) is 0 Å². The van der Waals surface area contributed by atoms with E-state index in [1.807, 2.05) is 37.3 Å². The minimum absolute atomic E-state index is 0.00964. The highest BCUT2D eigenvalue weighted by molar-refractivity contribution is 6.30. The monoisotopic (exact) mass is 634 g/mol. The Morgan fingerprint density at radius 3 is 2.69 bits per heavy atom. The quantitative estimate of drug-likeness (QED) is 0.309. The molecule has 7 nitrogen and oxygen atoms in total. The molecule has 8 heteroatoms. The maximum Gasteiger partial charge on any atom is 0.342 e. The van der Waals surface area contributed by atoms with Gasteiger partial charge in [-0.15, -0.1) is 0 Å². The zero-order chi connectivity index (χ0) is 31.9. The lowest BCUT2D eigenvalue weighted by atomic mass is 9.68. The number of esters is 1. The molecule has 0 unspecified atom stereocenters. The standard InChI is InChI=1S/C37H47ClN2O5/c1-24-8-14-33(43-4)30-12-9-27(30)21-40-22-36(16-6-7-26-17-29(38)11-13-31(26)36)23-45-34-15-10-28(18-32(34)40)37(42,35(41)44-5)19-25(2)39(3)20-24/h8,10-11,13-15,17-18,24,27,30,33,42H,2,6-7,9,12,16,19-23H2,1,3-5H3/b14-8+/t24-,27+,30-,33+,36+,37+/m1/s1. The second-order valence-electron chi connectivity index (χ2n) is 13.8. The van der Waals surface area contributed by atoms with Crippen molar-refractivity contribution in [2.75, 3.05) is 52.4 Å². The first-order chi connectivity index (χ1) is 21.6. The second kappa shape index (κ2) is 12.7. The van der Waals surface area contributed by atoms with Crippen molar-refractivity contribution in [2.45, 2.75) is 62.6 Å². The summed E-state index contributed by atoms with van der Waals surface area (Å²) in [6, 6.07) is 12.0. The van der Waals surface area contributed by atoms with Crippen molar-refractivity contribution < 1.29 is 24.1 Å². The molecular weight excluding hydrogens is 588 g/mol. The number of nitrogens with zero attached hydrogens (tertiary/aromatic N) is 2. The van der Waals surface area contributed by atoms with Gasteiger partial charge in [-0.05, 0) is 90.8 Å². The van der Waals surface area contributed by atoms with Gasteiger partial charge in [0.1, 0.15) is 5.75 Å². The fourth-order valence-electron chi connectivity index (χ4n) is 8.12. The summed E-state index contributed by atoms with van der Waals surface area (Å²) in [6.07, 6.45) is 9.81. The zero-order valence-corrected chi connectivity index (χ0v) is 27.8. The molecule has 1 saturated carbocycles. The third-order valence-corrected chi connectivity index (χ3v) is 11.1. The smallest absolute Gasteiger partial charge is 0.342 e. The van der Waals surface area contributed by atoms with Gasteiger partial charge in [0.05, 0.1) is 25.5 Å². The lowest BCUT2D eigenvalue weighted by molar-refractivity contribution is -0.163. The summed E-state index contributed by atoms with van der Waals surface area (Å²) in [6.45, 7) is 9.26. The van der Waals surface area contributed by atoms with Gasteiger partial charge in [0.25, 0.3) is 0 Å². The topological polar surface area (TPSA) is 71.5 Å². The number of methoxy groups -OCH3 is 2. The summed E-state index contributed by atoms with van der Waals surface area (Å²) in [4.78, 5) is 17.8. The Morgan fingerprint density at radius 2 is 1.96 bits per heavy atom. The van der Waals surface area contributed by atoms with Crippen LogP contribution in [0.15, 0.2) is 60.8 Å². The van der Waals surface area contributed by atoms with E-state index in [4.69, 9.17) is 25.8 Å². The summed E-state index contributed by atoms with van der Waals surface area (Å²) in [5, 5.41) is 12.9. The number of aryl methyl sites for hydroxylation is 1. The van der Waals surface area contributed by atoms with Crippen LogP contribution in [0.5, 0.6) is 5.75 Å². The Balaban J connectivity index is 1.47. The molecule has 6 rings (SSSR count). The van der Waals surface area contributed by atoms with E-state index < -0.39 is 11.6 Å². The predicted molar refractivity (Wildman–Crippen MR) is 178 cm³/mol. The molecule has 1 fully saturated rings. The first-order valence-electron chi connectivity index (χ1n) is 16.3. The number of anilines is 1. The highest BCUT2D eigenvalue weighted by Gasteiger charge is 2.46. The number of ether oxygens (including phenoxy) is 3. The average Bonchev–Trinajstić information content (AvgIpc) is 3.16. The van der Waals surface area contributed by atoms with Crippen molar-refractivity contribution in [3.8, 4) is 5.75 Å². The van der Waals surface area contributed by atoms with Crippen LogP contribution in [-0.4, -0.2) is 69.6 Å². The van der Waals surface area contributed by atoms with Gasteiger partial charge in [-0.25, -0.2) is 4.79 Å².